The molecule has 0 aromatic heterocycles. The number of methoxy groups -OCH3 is 3. The van der Waals surface area contributed by atoms with Crippen molar-refractivity contribution < 1.29 is 46.5 Å². The van der Waals surface area contributed by atoms with Gasteiger partial charge in [0.15, 0.2) is 5.82 Å². The number of hydrogen-bond donors (Lipinski definition) is 1. The van der Waals surface area contributed by atoms with E-state index in [1.165, 1.54) is 14.2 Å². The van der Waals surface area contributed by atoms with Crippen LogP contribution >= 0.6 is 0 Å². The Balaban J connectivity index is 2.13. The Hall–Kier alpha value is -4.12. The number of anilines is 1. The summed E-state index contributed by atoms with van der Waals surface area (Å²) in [5, 5.41) is 10.8. The number of benzene rings is 3. The molecule has 0 saturated heterocycles. The number of hydrogen-bond acceptors (Lipinski definition) is 7. The van der Waals surface area contributed by atoms with Crippen LogP contribution in [-0.2, 0) is 33.6 Å². The molecule has 7 nitrogen and oxygen atoms in total. The third-order valence-corrected chi connectivity index (χ3v) is 6.49. The summed E-state index contributed by atoms with van der Waals surface area (Å²) in [4.78, 5) is 25.3. The Bertz CT molecular complexity index is 1310. The van der Waals surface area contributed by atoms with E-state index < -0.39 is 53.8 Å². The summed E-state index contributed by atoms with van der Waals surface area (Å²) in [7, 11) is 4.06. The summed E-state index contributed by atoms with van der Waals surface area (Å²) in [5.41, 5.74) is -1.53. The number of halogens is 4. The number of esters is 1. The lowest BCUT2D eigenvalue weighted by molar-refractivity contribution is -0.144. The highest BCUT2D eigenvalue weighted by Gasteiger charge is 2.40. The smallest absolute Gasteiger partial charge is 0.417 e. The van der Waals surface area contributed by atoms with Crippen LogP contribution in [0.2, 0.25) is 0 Å². The average Bonchev–Trinajstić information content (AvgIpc) is 2.93. The lowest BCUT2D eigenvalue weighted by Crippen LogP contribution is -2.26. The minimum absolute atomic E-state index is 0.0918. The maximum absolute atomic E-state index is 16.2. The van der Waals surface area contributed by atoms with Gasteiger partial charge in [0.25, 0.3) is 0 Å². The van der Waals surface area contributed by atoms with E-state index in [0.29, 0.717) is 22.6 Å². The molecule has 1 unspecified atom stereocenters. The first kappa shape index (κ1) is 31.4. The van der Waals surface area contributed by atoms with Crippen LogP contribution in [0.3, 0.4) is 0 Å². The number of Topliss-reactive ketones (excluding diaryl/α,β-unsaturated/α-hetero) is 1. The fourth-order valence-electron chi connectivity index (χ4n) is 4.47. The molecular formula is C30H31F4NO6. The van der Waals surface area contributed by atoms with Crippen LogP contribution in [0.5, 0.6) is 11.5 Å². The highest BCUT2D eigenvalue weighted by atomic mass is 19.4. The van der Waals surface area contributed by atoms with Gasteiger partial charge in [0.05, 0.1) is 38.7 Å². The number of ketones is 1. The number of aryl methyl sites for hydroxylation is 1. The molecule has 0 fully saturated rings. The van der Waals surface area contributed by atoms with Crippen LogP contribution in [0.25, 0.3) is 0 Å². The quantitative estimate of drug-likeness (QED) is 0.162. The lowest BCUT2D eigenvalue weighted by atomic mass is 9.92. The van der Waals surface area contributed by atoms with Crippen LogP contribution < -0.4 is 14.4 Å². The zero-order valence-corrected chi connectivity index (χ0v) is 23.0. The van der Waals surface area contributed by atoms with Crippen LogP contribution in [0.4, 0.5) is 23.2 Å². The second-order valence-electron chi connectivity index (χ2n) is 9.38. The van der Waals surface area contributed by atoms with E-state index in [-0.39, 0.29) is 24.3 Å². The van der Waals surface area contributed by atoms with Gasteiger partial charge in [-0.1, -0.05) is 24.3 Å². The Morgan fingerprint density at radius 1 is 0.902 bits per heavy atom. The number of alkyl halides is 3. The molecule has 0 saturated carbocycles. The molecule has 0 aliphatic carbocycles. The highest BCUT2D eigenvalue weighted by Crippen LogP contribution is 2.43. The molecule has 0 spiro atoms. The van der Waals surface area contributed by atoms with Crippen LogP contribution in [-0.4, -0.2) is 38.2 Å². The zero-order valence-electron chi connectivity index (χ0n) is 23.0. The van der Waals surface area contributed by atoms with Gasteiger partial charge in [-0.15, -0.1) is 0 Å². The second-order valence-corrected chi connectivity index (χ2v) is 9.38. The van der Waals surface area contributed by atoms with Crippen LogP contribution in [0.15, 0.2) is 54.6 Å². The SMILES string of the molecule is COC(=O)CC(=O)CC(O)c1c(F)c(N(Cc2ccc(OC)cc2)Cc2ccc(OC)cc2)cc(C)c1C(F)(F)F. The molecule has 0 heterocycles. The normalized spacial score (nSPS) is 12.0. The van der Waals surface area contributed by atoms with Crippen LogP contribution in [0, 0.1) is 12.7 Å². The first-order valence-electron chi connectivity index (χ1n) is 12.6. The summed E-state index contributed by atoms with van der Waals surface area (Å²) < 4.78 is 73.4. The monoisotopic (exact) mass is 577 g/mol. The Labute approximate surface area is 235 Å². The Morgan fingerprint density at radius 3 is 1.80 bits per heavy atom. The number of rotatable bonds is 12. The third-order valence-electron chi connectivity index (χ3n) is 6.49. The van der Waals surface area contributed by atoms with Gasteiger partial charge < -0.3 is 24.2 Å². The molecule has 0 bridgehead atoms. The molecule has 0 aliphatic heterocycles. The fraction of sp³-hybridized carbons (Fsp3) is 0.333. The van der Waals surface area contributed by atoms with Gasteiger partial charge in [0, 0.05) is 25.1 Å². The van der Waals surface area contributed by atoms with Crippen molar-refractivity contribution in [3.05, 3.63) is 88.2 Å². The zero-order chi connectivity index (χ0) is 30.3. The van der Waals surface area contributed by atoms with Crippen molar-refractivity contribution in [2.24, 2.45) is 0 Å². The van der Waals surface area contributed by atoms with Gasteiger partial charge in [-0.05, 0) is 53.9 Å². The summed E-state index contributed by atoms with van der Waals surface area (Å²) in [6.07, 6.45) is -8.86. The van der Waals surface area contributed by atoms with Gasteiger partial charge in [0.2, 0.25) is 0 Å². The molecule has 0 radical (unpaired) electrons. The summed E-state index contributed by atoms with van der Waals surface area (Å²) in [6.45, 7) is 1.35. The molecular weight excluding hydrogens is 546 g/mol. The molecule has 41 heavy (non-hydrogen) atoms. The van der Waals surface area contributed by atoms with Crippen molar-refractivity contribution >= 4 is 17.4 Å². The maximum Gasteiger partial charge on any atom is 0.417 e. The average molecular weight is 578 g/mol. The minimum Gasteiger partial charge on any atom is -0.497 e. The number of carbonyl (C=O) groups is 2. The van der Waals surface area contributed by atoms with Crippen molar-refractivity contribution in [1.82, 2.24) is 0 Å². The Kier molecular flexibility index (Phi) is 10.3. The molecule has 1 atom stereocenters. The first-order chi connectivity index (χ1) is 19.4. The number of carbonyl (C=O) groups excluding carboxylic acids is 2. The largest absolute Gasteiger partial charge is 0.497 e. The van der Waals surface area contributed by atoms with Gasteiger partial charge in [-0.2, -0.15) is 13.2 Å². The van der Waals surface area contributed by atoms with Crippen molar-refractivity contribution in [1.29, 1.82) is 0 Å². The van der Waals surface area contributed by atoms with Gasteiger partial charge in [-0.3, -0.25) is 9.59 Å². The minimum atomic E-state index is -5.03. The number of nitrogens with zero attached hydrogens (tertiary/aromatic N) is 1. The van der Waals surface area contributed by atoms with E-state index in [0.717, 1.165) is 20.1 Å². The Morgan fingerprint density at radius 2 is 1.39 bits per heavy atom. The van der Waals surface area contributed by atoms with E-state index in [2.05, 4.69) is 4.74 Å². The predicted octanol–water partition coefficient (Wildman–Crippen LogP) is 5.93. The molecule has 0 aliphatic rings. The highest BCUT2D eigenvalue weighted by molar-refractivity contribution is 5.95. The van der Waals surface area contributed by atoms with E-state index >= 15 is 4.39 Å². The topological polar surface area (TPSA) is 85.3 Å². The van der Waals surface area contributed by atoms with E-state index in [4.69, 9.17) is 9.47 Å². The molecule has 1 N–H and O–H groups in total. The van der Waals surface area contributed by atoms with E-state index in [1.54, 1.807) is 53.4 Å². The van der Waals surface area contributed by atoms with E-state index in [1.807, 2.05) is 0 Å². The van der Waals surface area contributed by atoms with Crippen molar-refractivity contribution in [3.63, 3.8) is 0 Å². The van der Waals surface area contributed by atoms with Crippen molar-refractivity contribution in [3.8, 4) is 11.5 Å². The summed E-state index contributed by atoms with van der Waals surface area (Å²) in [6, 6.07) is 14.9. The number of aliphatic hydroxyl groups is 1. The summed E-state index contributed by atoms with van der Waals surface area (Å²) in [5.74, 6) is -1.95. The molecule has 220 valence electrons. The van der Waals surface area contributed by atoms with Gasteiger partial charge in [-0.25, -0.2) is 4.39 Å². The van der Waals surface area contributed by atoms with Gasteiger partial charge >= 0.3 is 12.1 Å². The number of ether oxygens (including phenoxy) is 3. The fourth-order valence-corrected chi connectivity index (χ4v) is 4.47. The molecule has 11 heteroatoms. The standard InChI is InChI=1S/C30H31F4NO6/c1-18-13-24(29(31)27(28(18)30(32,33)34)25(37)14-21(36)15-26(38)41-4)35(16-19-5-9-22(39-2)10-6-19)17-20-7-11-23(40-3)12-8-20/h5-13,25,37H,14-17H2,1-4H3. The third kappa shape index (κ3) is 7.97. The molecule has 0 amide bonds. The summed E-state index contributed by atoms with van der Waals surface area (Å²) >= 11 is 0. The second kappa shape index (κ2) is 13.5. The van der Waals surface area contributed by atoms with E-state index in [9.17, 15) is 27.9 Å². The van der Waals surface area contributed by atoms with Gasteiger partial charge in [0.1, 0.15) is 23.7 Å². The maximum atomic E-state index is 16.2. The lowest BCUT2D eigenvalue weighted by Gasteiger charge is -2.29. The first-order valence-corrected chi connectivity index (χ1v) is 12.6. The predicted molar refractivity (Wildman–Crippen MR) is 143 cm³/mol. The van der Waals surface area contributed by atoms with Crippen molar-refractivity contribution in [2.75, 3.05) is 26.2 Å². The number of aliphatic hydroxyl groups excluding tert-OH is 1. The molecule has 3 aromatic rings. The molecule has 3 rings (SSSR count). The molecule has 3 aromatic carbocycles. The van der Waals surface area contributed by atoms with Crippen molar-refractivity contribution in [2.45, 2.75) is 45.1 Å². The van der Waals surface area contributed by atoms with Crippen LogP contribution in [0.1, 0.15) is 46.8 Å².